The predicted octanol–water partition coefficient (Wildman–Crippen LogP) is 11.5. The number of hydrogen-bond acceptors (Lipinski definition) is 2. The Hall–Kier alpha value is -6.06. The Morgan fingerprint density at radius 3 is 2.04 bits per heavy atom. The summed E-state index contributed by atoms with van der Waals surface area (Å²) < 4.78 is 2.30. The van der Waals surface area contributed by atoms with Crippen molar-refractivity contribution in [2.24, 2.45) is 0 Å². The number of para-hydroxylation sites is 2. The molecule has 0 radical (unpaired) electrons. The lowest BCUT2D eigenvalue weighted by molar-refractivity contribution is 0.660. The lowest BCUT2D eigenvalue weighted by Crippen LogP contribution is -2.14. The molecule has 7 aromatic carbocycles. The highest BCUT2D eigenvalue weighted by molar-refractivity contribution is 6.17. The minimum absolute atomic E-state index is 0.0434. The van der Waals surface area contributed by atoms with Crippen LogP contribution in [0.15, 0.2) is 152 Å². The van der Waals surface area contributed by atoms with E-state index in [0.29, 0.717) is 5.95 Å². The Balaban J connectivity index is 1.32. The van der Waals surface area contributed by atoms with E-state index in [9.17, 15) is 0 Å². The number of hydrogen-bond donors (Lipinski definition) is 0. The molecule has 0 aliphatic heterocycles. The molecule has 0 saturated carbocycles. The number of benzene rings is 7. The van der Waals surface area contributed by atoms with Crippen molar-refractivity contribution < 1.29 is 0 Å². The fourth-order valence-electron chi connectivity index (χ4n) is 8.06. The summed E-state index contributed by atoms with van der Waals surface area (Å²) in [5.41, 5.74) is 12.8. The summed E-state index contributed by atoms with van der Waals surface area (Å²) >= 11 is 0. The maximum Gasteiger partial charge on any atom is 0.235 e. The Labute approximate surface area is 278 Å². The Morgan fingerprint density at radius 2 is 1.17 bits per heavy atom. The van der Waals surface area contributed by atoms with Gasteiger partial charge in [0.1, 0.15) is 0 Å². The Kier molecular flexibility index (Phi) is 5.63. The lowest BCUT2D eigenvalue weighted by atomic mass is 9.82. The first-order valence-electron chi connectivity index (χ1n) is 16.6. The van der Waals surface area contributed by atoms with Gasteiger partial charge in [0.2, 0.25) is 5.95 Å². The average molecular weight is 614 g/mol. The molecule has 3 heteroatoms. The van der Waals surface area contributed by atoms with Crippen LogP contribution in [-0.4, -0.2) is 14.5 Å². The minimum Gasteiger partial charge on any atom is -0.277 e. The van der Waals surface area contributed by atoms with Crippen LogP contribution >= 0.6 is 0 Å². The molecule has 0 N–H and O–H groups in total. The number of nitrogens with zero attached hydrogens (tertiary/aromatic N) is 3. The molecule has 0 amide bonds. The van der Waals surface area contributed by atoms with Gasteiger partial charge in [-0.15, -0.1) is 0 Å². The molecule has 3 nitrogen and oxygen atoms in total. The summed E-state index contributed by atoms with van der Waals surface area (Å²) in [6, 6.07) is 54.6. The molecule has 48 heavy (non-hydrogen) atoms. The molecule has 10 rings (SSSR count). The third kappa shape index (κ3) is 3.82. The van der Waals surface area contributed by atoms with Gasteiger partial charge in [-0.1, -0.05) is 141 Å². The second-order valence-corrected chi connectivity index (χ2v) is 13.4. The van der Waals surface area contributed by atoms with Gasteiger partial charge in [-0.2, -0.15) is 0 Å². The molecule has 0 unspecified atom stereocenters. The van der Waals surface area contributed by atoms with Crippen molar-refractivity contribution in [1.29, 1.82) is 0 Å². The molecule has 9 aromatic rings. The number of fused-ring (bicyclic) bond motifs is 8. The van der Waals surface area contributed by atoms with E-state index in [1.807, 2.05) is 6.07 Å². The molecule has 0 fully saturated rings. The van der Waals surface area contributed by atoms with Crippen molar-refractivity contribution >= 4 is 43.5 Å². The van der Waals surface area contributed by atoms with Gasteiger partial charge in [-0.05, 0) is 62.9 Å². The van der Waals surface area contributed by atoms with Crippen LogP contribution in [0.4, 0.5) is 0 Å². The molecule has 226 valence electrons. The van der Waals surface area contributed by atoms with Gasteiger partial charge in [0.25, 0.3) is 0 Å². The second kappa shape index (κ2) is 9.97. The van der Waals surface area contributed by atoms with Gasteiger partial charge in [0, 0.05) is 32.7 Å². The summed E-state index contributed by atoms with van der Waals surface area (Å²) in [7, 11) is 0. The van der Waals surface area contributed by atoms with Crippen LogP contribution in [0.25, 0.3) is 82.9 Å². The first-order valence-corrected chi connectivity index (χ1v) is 16.6. The normalized spacial score (nSPS) is 13.4. The third-order valence-corrected chi connectivity index (χ3v) is 10.4. The van der Waals surface area contributed by atoms with Crippen LogP contribution in [0.5, 0.6) is 0 Å². The average Bonchev–Trinajstić information content (AvgIpc) is 3.58. The van der Waals surface area contributed by atoms with Gasteiger partial charge >= 0.3 is 0 Å². The van der Waals surface area contributed by atoms with Gasteiger partial charge in [-0.3, -0.25) is 4.57 Å². The quantitative estimate of drug-likeness (QED) is 0.198. The van der Waals surface area contributed by atoms with Crippen molar-refractivity contribution in [3.05, 3.63) is 163 Å². The van der Waals surface area contributed by atoms with Crippen molar-refractivity contribution in [3.63, 3.8) is 0 Å². The van der Waals surface area contributed by atoms with Crippen molar-refractivity contribution in [3.8, 4) is 39.5 Å². The van der Waals surface area contributed by atoms with E-state index in [4.69, 9.17) is 9.97 Å². The van der Waals surface area contributed by atoms with E-state index in [2.05, 4.69) is 164 Å². The molecule has 0 atom stereocenters. The highest BCUT2D eigenvalue weighted by Gasteiger charge is 2.35. The molecule has 0 bridgehead atoms. The second-order valence-electron chi connectivity index (χ2n) is 13.4. The summed E-state index contributed by atoms with van der Waals surface area (Å²) in [6.45, 7) is 4.67. The molecular weight excluding hydrogens is 583 g/mol. The highest BCUT2D eigenvalue weighted by atomic mass is 15.2. The zero-order chi connectivity index (χ0) is 32.0. The SMILES string of the molecule is CC1(C)c2ccccc2-c2cc(-c3cccc4c5cc6ccccc6cc5n(-c5nc(-c6ccccc6)c6ccccc6n5)c34)ccc21. The number of aromatic nitrogens is 3. The van der Waals surface area contributed by atoms with E-state index >= 15 is 0 Å². The molecule has 0 spiro atoms. The zero-order valence-corrected chi connectivity index (χ0v) is 26.8. The smallest absolute Gasteiger partial charge is 0.235 e. The van der Waals surface area contributed by atoms with Crippen LogP contribution in [0.1, 0.15) is 25.0 Å². The topological polar surface area (TPSA) is 30.7 Å². The zero-order valence-electron chi connectivity index (χ0n) is 26.8. The Bertz CT molecular complexity index is 2750. The van der Waals surface area contributed by atoms with Crippen LogP contribution < -0.4 is 0 Å². The summed E-state index contributed by atoms with van der Waals surface area (Å²) in [4.78, 5) is 10.7. The fraction of sp³-hybridized carbons (Fsp3) is 0.0667. The molecule has 0 saturated heterocycles. The standard InChI is InChI=1S/C45H31N3/c1-45(2)38-21-10-8-17-33(38)36-26-31(23-24-39(36)45)32-19-12-20-34-37-25-29-15-6-7-16-30(29)27-41(37)48(43(32)34)44-46-40-22-11-9-18-35(40)42(47-44)28-13-4-3-5-14-28/h3-27H,1-2H3. The van der Waals surface area contributed by atoms with E-state index in [1.54, 1.807) is 0 Å². The van der Waals surface area contributed by atoms with Crippen LogP contribution in [0.3, 0.4) is 0 Å². The van der Waals surface area contributed by atoms with E-state index < -0.39 is 0 Å². The molecule has 1 aliphatic carbocycles. The van der Waals surface area contributed by atoms with Gasteiger partial charge < -0.3 is 0 Å². The Morgan fingerprint density at radius 1 is 0.479 bits per heavy atom. The first-order chi connectivity index (χ1) is 23.6. The van der Waals surface area contributed by atoms with E-state index in [-0.39, 0.29) is 5.41 Å². The van der Waals surface area contributed by atoms with Gasteiger partial charge in [-0.25, -0.2) is 9.97 Å². The van der Waals surface area contributed by atoms with Crippen molar-refractivity contribution in [2.45, 2.75) is 19.3 Å². The molecule has 1 aliphatic rings. The van der Waals surface area contributed by atoms with Gasteiger partial charge in [0.15, 0.2) is 0 Å². The van der Waals surface area contributed by atoms with E-state index in [0.717, 1.165) is 38.8 Å². The summed E-state index contributed by atoms with van der Waals surface area (Å²) in [5, 5.41) is 5.83. The van der Waals surface area contributed by atoms with Gasteiger partial charge in [0.05, 0.1) is 22.2 Å². The third-order valence-electron chi connectivity index (χ3n) is 10.4. The van der Waals surface area contributed by atoms with E-state index in [1.165, 1.54) is 49.4 Å². The maximum absolute atomic E-state index is 5.39. The van der Waals surface area contributed by atoms with Crippen molar-refractivity contribution in [1.82, 2.24) is 14.5 Å². The lowest BCUT2D eigenvalue weighted by Gasteiger charge is -2.21. The number of rotatable bonds is 3. The summed E-state index contributed by atoms with van der Waals surface area (Å²) in [6.07, 6.45) is 0. The van der Waals surface area contributed by atoms with Crippen LogP contribution in [0, 0.1) is 0 Å². The largest absolute Gasteiger partial charge is 0.277 e. The molecule has 2 heterocycles. The molecular formula is C45H31N3. The monoisotopic (exact) mass is 613 g/mol. The van der Waals surface area contributed by atoms with Crippen LogP contribution in [0.2, 0.25) is 0 Å². The maximum atomic E-state index is 5.39. The summed E-state index contributed by atoms with van der Waals surface area (Å²) in [5.74, 6) is 0.669. The highest BCUT2D eigenvalue weighted by Crippen LogP contribution is 2.50. The first kappa shape index (κ1) is 27.1. The minimum atomic E-state index is -0.0434. The fourth-order valence-corrected chi connectivity index (χ4v) is 8.06. The molecule has 2 aromatic heterocycles. The predicted molar refractivity (Wildman–Crippen MR) is 200 cm³/mol. The van der Waals surface area contributed by atoms with Crippen molar-refractivity contribution in [2.75, 3.05) is 0 Å². The van der Waals surface area contributed by atoms with Crippen LogP contribution in [-0.2, 0) is 5.41 Å².